The highest BCUT2D eigenvalue weighted by atomic mass is 16.5. The average Bonchev–Trinajstić information content (AvgIpc) is 3.38. The minimum atomic E-state index is -0.163. The van der Waals surface area contributed by atoms with Crippen molar-refractivity contribution in [2.45, 2.75) is 6.42 Å². The zero-order valence-corrected chi connectivity index (χ0v) is 19.7. The molecule has 0 saturated carbocycles. The molecule has 0 aromatic heterocycles. The van der Waals surface area contributed by atoms with Gasteiger partial charge in [-0.2, -0.15) is 0 Å². The second-order valence-electron chi connectivity index (χ2n) is 9.17. The molecule has 0 bridgehead atoms. The molecule has 3 aromatic rings. The number of imide groups is 1. The largest absolute Gasteiger partial charge is 0.495 e. The Morgan fingerprint density at radius 3 is 1.94 bits per heavy atom. The van der Waals surface area contributed by atoms with Crippen LogP contribution in [0.1, 0.15) is 17.5 Å². The van der Waals surface area contributed by atoms with E-state index in [0.29, 0.717) is 12.2 Å². The summed E-state index contributed by atoms with van der Waals surface area (Å²) >= 11 is 0. The number of nitrogens with zero attached hydrogens (tertiary/aromatic N) is 3. The van der Waals surface area contributed by atoms with Crippen LogP contribution in [-0.4, -0.2) is 61.6 Å². The highest BCUT2D eigenvalue weighted by Crippen LogP contribution is 2.47. The normalized spacial score (nSPS) is 17.7. The zero-order chi connectivity index (χ0) is 23.9. The van der Waals surface area contributed by atoms with Crippen molar-refractivity contribution in [1.29, 1.82) is 0 Å². The summed E-state index contributed by atoms with van der Waals surface area (Å²) in [6, 6.07) is 24.3. The molecule has 2 saturated heterocycles. The Morgan fingerprint density at radius 2 is 1.31 bits per heavy atom. The molecule has 1 aliphatic carbocycles. The topological polar surface area (TPSA) is 53.1 Å². The summed E-state index contributed by atoms with van der Waals surface area (Å²) in [5.41, 5.74) is 6.93. The van der Waals surface area contributed by atoms with Gasteiger partial charge in [-0.3, -0.25) is 19.4 Å². The Kier molecular flexibility index (Phi) is 5.38. The number of rotatable bonds is 4. The van der Waals surface area contributed by atoms with Gasteiger partial charge in [0.25, 0.3) is 5.91 Å². The third-order valence-corrected chi connectivity index (χ3v) is 7.26. The Morgan fingerprint density at radius 1 is 0.743 bits per heavy atom. The van der Waals surface area contributed by atoms with Gasteiger partial charge in [0, 0.05) is 31.8 Å². The number of hydrogen-bond donors (Lipinski definition) is 0. The van der Waals surface area contributed by atoms with Crippen molar-refractivity contribution in [2.75, 3.05) is 44.9 Å². The summed E-state index contributed by atoms with van der Waals surface area (Å²) < 4.78 is 5.51. The number of hydrogen-bond acceptors (Lipinski definition) is 5. The standard InChI is InChI=1S/C29H27N3O3/c1-35-26-13-7-6-12-25(26)31-16-14-30(15-17-31)19-32-27(33)18-24(29(32)34)28-22-10-4-2-8-20(22)21-9-3-5-11-23(21)28/h2-13H,14-19H2,1H3. The average molecular weight is 466 g/mol. The van der Waals surface area contributed by atoms with Crippen LogP contribution in [0, 0.1) is 0 Å². The van der Waals surface area contributed by atoms with E-state index in [0.717, 1.165) is 65.4 Å². The third-order valence-electron chi connectivity index (χ3n) is 7.26. The molecule has 3 aromatic carbocycles. The van der Waals surface area contributed by atoms with E-state index in [-0.39, 0.29) is 18.2 Å². The van der Waals surface area contributed by atoms with E-state index < -0.39 is 0 Å². The molecule has 3 aliphatic rings. The first-order valence-corrected chi connectivity index (χ1v) is 12.0. The number of amides is 2. The second kappa shape index (κ2) is 8.71. The number of para-hydroxylation sites is 2. The van der Waals surface area contributed by atoms with E-state index in [4.69, 9.17) is 4.74 Å². The second-order valence-corrected chi connectivity index (χ2v) is 9.17. The van der Waals surface area contributed by atoms with Gasteiger partial charge in [-0.1, -0.05) is 60.7 Å². The van der Waals surface area contributed by atoms with Crippen LogP contribution >= 0.6 is 0 Å². The Labute approximate surface area is 205 Å². The lowest BCUT2D eigenvalue weighted by atomic mass is 9.97. The zero-order valence-electron chi connectivity index (χ0n) is 19.7. The van der Waals surface area contributed by atoms with Gasteiger partial charge >= 0.3 is 0 Å². The molecule has 176 valence electrons. The van der Waals surface area contributed by atoms with Crippen molar-refractivity contribution >= 4 is 23.1 Å². The van der Waals surface area contributed by atoms with Crippen LogP contribution in [0.15, 0.2) is 78.4 Å². The lowest BCUT2D eigenvalue weighted by molar-refractivity contribution is -0.140. The number of methoxy groups -OCH3 is 1. The number of benzene rings is 3. The Balaban J connectivity index is 1.22. The van der Waals surface area contributed by atoms with Crippen LogP contribution in [0.25, 0.3) is 16.7 Å². The molecular formula is C29H27N3O3. The molecule has 0 spiro atoms. The van der Waals surface area contributed by atoms with Crippen molar-refractivity contribution in [3.05, 3.63) is 89.5 Å². The summed E-state index contributed by atoms with van der Waals surface area (Å²) in [5, 5.41) is 0. The number of carbonyl (C=O) groups is 2. The van der Waals surface area contributed by atoms with E-state index in [1.807, 2.05) is 42.5 Å². The molecule has 2 heterocycles. The lowest BCUT2D eigenvalue weighted by Crippen LogP contribution is -2.51. The van der Waals surface area contributed by atoms with Crippen LogP contribution < -0.4 is 9.64 Å². The Bertz CT molecular complexity index is 1310. The first kappa shape index (κ1) is 21.6. The first-order chi connectivity index (χ1) is 17.2. The molecule has 6 nitrogen and oxygen atoms in total. The fourth-order valence-corrected chi connectivity index (χ4v) is 5.50. The van der Waals surface area contributed by atoms with Crippen LogP contribution in [0.4, 0.5) is 5.69 Å². The van der Waals surface area contributed by atoms with Gasteiger partial charge in [-0.05, 0) is 40.0 Å². The van der Waals surface area contributed by atoms with E-state index >= 15 is 0 Å². The van der Waals surface area contributed by atoms with Crippen molar-refractivity contribution in [1.82, 2.24) is 9.80 Å². The van der Waals surface area contributed by atoms with Crippen LogP contribution in [-0.2, 0) is 9.59 Å². The number of piperazine rings is 1. The molecule has 6 rings (SSSR count). The molecule has 2 fully saturated rings. The maximum absolute atomic E-state index is 13.6. The van der Waals surface area contributed by atoms with Gasteiger partial charge in [0.2, 0.25) is 5.91 Å². The van der Waals surface area contributed by atoms with Crippen molar-refractivity contribution in [2.24, 2.45) is 0 Å². The molecule has 0 atom stereocenters. The van der Waals surface area contributed by atoms with E-state index in [9.17, 15) is 9.59 Å². The van der Waals surface area contributed by atoms with Gasteiger partial charge in [0.05, 0.1) is 25.9 Å². The molecule has 0 N–H and O–H groups in total. The summed E-state index contributed by atoms with van der Waals surface area (Å²) in [4.78, 5) is 32.5. The molecule has 0 unspecified atom stereocenters. The minimum absolute atomic E-state index is 0.119. The quantitative estimate of drug-likeness (QED) is 0.337. The van der Waals surface area contributed by atoms with Gasteiger partial charge in [-0.25, -0.2) is 0 Å². The molecule has 2 amide bonds. The molecule has 6 heteroatoms. The van der Waals surface area contributed by atoms with Crippen LogP contribution in [0.3, 0.4) is 0 Å². The van der Waals surface area contributed by atoms with Gasteiger partial charge in [-0.15, -0.1) is 0 Å². The summed E-state index contributed by atoms with van der Waals surface area (Å²) in [6.07, 6.45) is 0.151. The molecule has 2 aliphatic heterocycles. The number of fused-ring (bicyclic) bond motifs is 3. The Hall–Kier alpha value is -3.90. The van der Waals surface area contributed by atoms with Crippen molar-refractivity contribution in [3.8, 4) is 16.9 Å². The van der Waals surface area contributed by atoms with Crippen molar-refractivity contribution in [3.63, 3.8) is 0 Å². The van der Waals surface area contributed by atoms with E-state index in [2.05, 4.69) is 40.1 Å². The van der Waals surface area contributed by atoms with Crippen LogP contribution in [0.2, 0.25) is 0 Å². The van der Waals surface area contributed by atoms with E-state index in [1.165, 1.54) is 4.90 Å². The first-order valence-electron chi connectivity index (χ1n) is 12.0. The fourth-order valence-electron chi connectivity index (χ4n) is 5.50. The number of anilines is 1. The predicted octanol–water partition coefficient (Wildman–Crippen LogP) is 4.02. The van der Waals surface area contributed by atoms with Crippen molar-refractivity contribution < 1.29 is 14.3 Å². The summed E-state index contributed by atoms with van der Waals surface area (Å²) in [7, 11) is 1.69. The smallest absolute Gasteiger partial charge is 0.258 e. The molecule has 35 heavy (non-hydrogen) atoms. The summed E-state index contributed by atoms with van der Waals surface area (Å²) in [5.74, 6) is 0.578. The van der Waals surface area contributed by atoms with Crippen LogP contribution in [0.5, 0.6) is 5.75 Å². The number of ether oxygens (including phenoxy) is 1. The number of carbonyl (C=O) groups excluding carboxylic acids is 2. The fraction of sp³-hybridized carbons (Fsp3) is 0.241. The monoisotopic (exact) mass is 465 g/mol. The summed E-state index contributed by atoms with van der Waals surface area (Å²) in [6.45, 7) is 3.49. The highest BCUT2D eigenvalue weighted by Gasteiger charge is 2.39. The van der Waals surface area contributed by atoms with Gasteiger partial charge < -0.3 is 9.64 Å². The third kappa shape index (κ3) is 3.61. The molecule has 0 radical (unpaired) electrons. The SMILES string of the molecule is COc1ccccc1N1CCN(CN2C(=O)CC(=C3c4ccccc4-c4ccccc43)C2=O)CC1. The predicted molar refractivity (Wildman–Crippen MR) is 136 cm³/mol. The lowest BCUT2D eigenvalue weighted by Gasteiger charge is -2.37. The number of likely N-dealkylation sites (tertiary alicyclic amines) is 1. The minimum Gasteiger partial charge on any atom is -0.495 e. The van der Waals surface area contributed by atoms with Gasteiger partial charge in [0.15, 0.2) is 0 Å². The molecular weight excluding hydrogens is 438 g/mol. The van der Waals surface area contributed by atoms with Gasteiger partial charge in [0.1, 0.15) is 5.75 Å². The maximum Gasteiger partial charge on any atom is 0.258 e. The maximum atomic E-state index is 13.6. The highest BCUT2D eigenvalue weighted by molar-refractivity contribution is 6.21. The van der Waals surface area contributed by atoms with E-state index in [1.54, 1.807) is 7.11 Å².